The van der Waals surface area contributed by atoms with E-state index in [1.807, 2.05) is 12.2 Å². The smallest absolute Gasteiger partial charge is 0.462 e. The molecule has 0 aliphatic heterocycles. The molecule has 0 fully saturated rings. The predicted octanol–water partition coefficient (Wildman–Crippen LogP) is 25.1. The minimum absolute atomic E-state index is 0.0365. The lowest BCUT2D eigenvalue weighted by molar-refractivity contribution is -0.161. The van der Waals surface area contributed by atoms with Gasteiger partial charge in [0.05, 0.1) is 26.4 Å². The highest BCUT2D eigenvalue weighted by molar-refractivity contribution is 7.47. The van der Waals surface area contributed by atoms with E-state index < -0.39 is 97.5 Å². The van der Waals surface area contributed by atoms with E-state index in [1.54, 1.807) is 0 Å². The lowest BCUT2D eigenvalue weighted by Crippen LogP contribution is -2.30. The number of phosphoric ester groups is 2. The van der Waals surface area contributed by atoms with Crippen LogP contribution in [0.5, 0.6) is 0 Å². The van der Waals surface area contributed by atoms with E-state index in [9.17, 15) is 43.2 Å². The average Bonchev–Trinajstić information content (AvgIpc) is 0.882. The molecule has 110 heavy (non-hydrogen) atoms. The topological polar surface area (TPSA) is 237 Å². The molecular weight excluding hydrogens is 1430 g/mol. The van der Waals surface area contributed by atoms with E-state index >= 15 is 0 Å². The minimum atomic E-state index is -5.01. The fraction of sp³-hybridized carbons (Fsp3) is 0.626. The van der Waals surface area contributed by atoms with Gasteiger partial charge in [0.25, 0.3) is 0 Å². The SMILES string of the molecule is CC/C=C\C/C=C\C/C=C\C/C=C\C/C=C\CCCCCC(=O)OC[C@H](COP(=O)(O)OC[C@@H](O)COP(=O)(O)OC[C@@H](COC(=O)CCC/C=C\C/C=C\C/C=C\C/C=C\CCCCC)OC(=O)CCCCC/C=C\C/C=C\C/C=C\C/C=C\C/C=C\CC)OC(=O)CCCCCCC/C=C\CCCCCCCC. The Hall–Kier alpha value is -5.84. The van der Waals surface area contributed by atoms with Gasteiger partial charge in [-0.25, -0.2) is 9.13 Å². The molecule has 19 heteroatoms. The first-order valence-corrected chi connectivity index (χ1v) is 45.0. The molecule has 17 nitrogen and oxygen atoms in total. The molecule has 5 atom stereocenters. The lowest BCUT2D eigenvalue weighted by atomic mass is 10.1. The van der Waals surface area contributed by atoms with Crippen LogP contribution in [0.15, 0.2) is 182 Å². The molecule has 0 radical (unpaired) electrons. The summed E-state index contributed by atoms with van der Waals surface area (Å²) in [7, 11) is -10.0. The van der Waals surface area contributed by atoms with Gasteiger partial charge in [-0.1, -0.05) is 287 Å². The van der Waals surface area contributed by atoms with E-state index in [2.05, 4.69) is 198 Å². The van der Waals surface area contributed by atoms with E-state index in [-0.39, 0.29) is 25.7 Å². The van der Waals surface area contributed by atoms with Crippen LogP contribution in [0.4, 0.5) is 0 Å². The van der Waals surface area contributed by atoms with Gasteiger partial charge in [-0.2, -0.15) is 0 Å². The fourth-order valence-electron chi connectivity index (χ4n) is 10.5. The minimum Gasteiger partial charge on any atom is -0.462 e. The Morgan fingerprint density at radius 3 is 0.800 bits per heavy atom. The second-order valence-corrected chi connectivity index (χ2v) is 30.2. The molecule has 2 unspecified atom stereocenters. The standard InChI is InChI=1S/C91H148O17P2/c1-5-9-13-17-21-25-29-33-37-40-42-45-49-52-56-60-64-68-72-76-89(94)102-81-86(107-90(95)77-73-69-65-61-57-53-47-36-32-28-24-20-16-12-8-4)83-105-109(97,98)103-79-85(92)80-104-110(99,100)106-84-87(82-101-88(93)75-71-67-63-59-55-51-48-44-39-35-31-27-23-19-15-11-7-3)108-91(96)78-74-70-66-62-58-54-50-46-43-41-38-34-30-26-22-18-14-10-6-2/h9-10,13-14,21-23,25-27,33-39,42-43,45-48,51-52,54,56,58-59,63,85-87,92H,5-8,11-12,15-20,24,28-32,40-41,44,49-50,53,55,57,60-62,64-84H2,1-4H3,(H,97,98)(H,99,100)/b13-9-,14-10-,25-21-,26-22-,27-23-,37-33-,38-34-,39-35-,45-42-,46-43-,47-36-,51-48-,56-52-,58-54-,63-59-/t85-,86-,87-/m1/s1. The van der Waals surface area contributed by atoms with Crippen molar-refractivity contribution in [3.8, 4) is 0 Å². The number of hydrogen-bond donors (Lipinski definition) is 3. The van der Waals surface area contributed by atoms with E-state index in [0.29, 0.717) is 32.1 Å². The van der Waals surface area contributed by atoms with E-state index in [4.69, 9.17) is 37.0 Å². The van der Waals surface area contributed by atoms with Crippen molar-refractivity contribution in [3.05, 3.63) is 182 Å². The number of aliphatic hydroxyl groups excluding tert-OH is 1. The fourth-order valence-corrected chi connectivity index (χ4v) is 12.1. The third-order valence-corrected chi connectivity index (χ3v) is 18.7. The highest BCUT2D eigenvalue weighted by Gasteiger charge is 2.30. The highest BCUT2D eigenvalue weighted by atomic mass is 31.2. The molecule has 0 spiro atoms. The van der Waals surface area contributed by atoms with Crippen molar-refractivity contribution < 1.29 is 80.2 Å². The van der Waals surface area contributed by atoms with E-state index in [0.717, 1.165) is 167 Å². The number of hydrogen-bond acceptors (Lipinski definition) is 15. The maximum absolute atomic E-state index is 13.1. The van der Waals surface area contributed by atoms with Crippen LogP contribution in [0.1, 0.15) is 310 Å². The largest absolute Gasteiger partial charge is 0.472 e. The molecule has 3 N–H and O–H groups in total. The maximum atomic E-state index is 13.1. The number of allylic oxidation sites excluding steroid dienone is 30. The zero-order valence-corrected chi connectivity index (χ0v) is 70.1. The van der Waals surface area contributed by atoms with E-state index in [1.165, 1.54) is 57.8 Å². The van der Waals surface area contributed by atoms with Gasteiger partial charge >= 0.3 is 39.5 Å². The zero-order chi connectivity index (χ0) is 80.3. The normalized spacial score (nSPS) is 14.7. The van der Waals surface area contributed by atoms with Crippen molar-refractivity contribution in [3.63, 3.8) is 0 Å². The number of unbranched alkanes of at least 4 members (excludes halogenated alkanes) is 21. The van der Waals surface area contributed by atoms with Crippen LogP contribution < -0.4 is 0 Å². The molecule has 0 aromatic carbocycles. The monoisotopic (exact) mass is 1580 g/mol. The first-order valence-electron chi connectivity index (χ1n) is 42.0. The number of carbonyl (C=O) groups is 4. The first-order chi connectivity index (χ1) is 53.7. The van der Waals surface area contributed by atoms with Gasteiger partial charge in [-0.15, -0.1) is 0 Å². The third-order valence-electron chi connectivity index (χ3n) is 16.8. The van der Waals surface area contributed by atoms with Gasteiger partial charge in [0.1, 0.15) is 19.3 Å². The van der Waals surface area contributed by atoms with Crippen molar-refractivity contribution in [1.82, 2.24) is 0 Å². The summed E-state index contributed by atoms with van der Waals surface area (Å²) in [5.74, 6) is -2.33. The molecule has 0 aliphatic rings. The summed E-state index contributed by atoms with van der Waals surface area (Å²) in [6, 6.07) is 0. The number of rotatable bonds is 77. The molecule has 0 rings (SSSR count). The molecule has 0 aromatic rings. The summed E-state index contributed by atoms with van der Waals surface area (Å²) >= 11 is 0. The van der Waals surface area contributed by atoms with Crippen molar-refractivity contribution in [2.75, 3.05) is 39.6 Å². The Morgan fingerprint density at radius 1 is 0.264 bits per heavy atom. The summed E-state index contributed by atoms with van der Waals surface area (Å²) < 4.78 is 68.7. The van der Waals surface area contributed by atoms with Gasteiger partial charge in [0.2, 0.25) is 0 Å². The summed E-state index contributed by atoms with van der Waals surface area (Å²) in [6.07, 6.45) is 98.6. The zero-order valence-electron chi connectivity index (χ0n) is 68.4. The molecule has 624 valence electrons. The van der Waals surface area contributed by atoms with Crippen LogP contribution in [0.2, 0.25) is 0 Å². The molecule has 0 bridgehead atoms. The van der Waals surface area contributed by atoms with Crippen LogP contribution in [0.25, 0.3) is 0 Å². The molecule has 0 heterocycles. The van der Waals surface area contributed by atoms with Gasteiger partial charge in [0.15, 0.2) is 12.2 Å². The van der Waals surface area contributed by atoms with Crippen LogP contribution in [0.3, 0.4) is 0 Å². The summed E-state index contributed by atoms with van der Waals surface area (Å²) in [5.41, 5.74) is 0. The van der Waals surface area contributed by atoms with Crippen LogP contribution >= 0.6 is 15.6 Å². The second-order valence-electron chi connectivity index (χ2n) is 27.3. The van der Waals surface area contributed by atoms with Gasteiger partial charge in [0, 0.05) is 25.7 Å². The molecule has 0 saturated heterocycles. The number of phosphoric acid groups is 2. The Kier molecular flexibility index (Phi) is 76.9. The van der Waals surface area contributed by atoms with Crippen LogP contribution in [0, 0.1) is 0 Å². The predicted molar refractivity (Wildman–Crippen MR) is 454 cm³/mol. The number of esters is 4. The van der Waals surface area contributed by atoms with Gasteiger partial charge in [-0.05, 0) is 180 Å². The van der Waals surface area contributed by atoms with Crippen molar-refractivity contribution >= 4 is 39.5 Å². The molecule has 0 saturated carbocycles. The second kappa shape index (κ2) is 81.2. The Bertz CT molecular complexity index is 2800. The number of carbonyl (C=O) groups excluding carboxylic acids is 4. The van der Waals surface area contributed by atoms with Crippen molar-refractivity contribution in [2.45, 2.75) is 329 Å². The maximum Gasteiger partial charge on any atom is 0.472 e. The third kappa shape index (κ3) is 80.2. The first kappa shape index (κ1) is 104. The Morgan fingerprint density at radius 2 is 0.482 bits per heavy atom. The molecular formula is C91H148O17P2. The number of ether oxygens (including phenoxy) is 4. The van der Waals surface area contributed by atoms with Crippen LogP contribution in [-0.2, 0) is 65.4 Å². The molecule has 0 amide bonds. The summed E-state index contributed by atoms with van der Waals surface area (Å²) in [6.45, 7) is 4.47. The molecule has 0 aromatic heterocycles. The summed E-state index contributed by atoms with van der Waals surface area (Å²) in [4.78, 5) is 73.2. The lowest BCUT2D eigenvalue weighted by Gasteiger charge is -2.21. The summed E-state index contributed by atoms with van der Waals surface area (Å²) in [5, 5.41) is 10.7. The Balaban J connectivity index is 5.52. The van der Waals surface area contributed by atoms with Gasteiger partial charge in [-0.3, -0.25) is 37.3 Å². The highest BCUT2D eigenvalue weighted by Crippen LogP contribution is 2.45. The van der Waals surface area contributed by atoms with Crippen molar-refractivity contribution in [1.29, 1.82) is 0 Å². The van der Waals surface area contributed by atoms with Crippen molar-refractivity contribution in [2.24, 2.45) is 0 Å². The van der Waals surface area contributed by atoms with Crippen LogP contribution in [-0.4, -0.2) is 96.7 Å². The Labute approximate surface area is 666 Å². The molecule has 0 aliphatic carbocycles. The number of aliphatic hydroxyl groups is 1. The van der Waals surface area contributed by atoms with Gasteiger partial charge < -0.3 is 33.8 Å². The quantitative estimate of drug-likeness (QED) is 0.0169. The average molecular weight is 1580 g/mol.